The van der Waals surface area contributed by atoms with Gasteiger partial charge in [0.1, 0.15) is 12.1 Å². The van der Waals surface area contributed by atoms with E-state index in [1.54, 1.807) is 39.8 Å². The summed E-state index contributed by atoms with van der Waals surface area (Å²) in [6.07, 6.45) is 1.04. The van der Waals surface area contributed by atoms with Gasteiger partial charge in [-0.05, 0) is 38.3 Å². The van der Waals surface area contributed by atoms with Crippen molar-refractivity contribution in [3.8, 4) is 0 Å². The Balaban J connectivity index is 3.20. The fourth-order valence-electron chi connectivity index (χ4n) is 3.45. The van der Waals surface area contributed by atoms with Gasteiger partial charge in [0.2, 0.25) is 21.8 Å². The van der Waals surface area contributed by atoms with Gasteiger partial charge in [-0.1, -0.05) is 44.0 Å². The fourth-order valence-corrected chi connectivity index (χ4v) is 4.68. The number of rotatable bonds is 17. The minimum Gasteiger partial charge on any atom is -0.481 e. The molecule has 0 saturated carbocycles. The summed E-state index contributed by atoms with van der Waals surface area (Å²) in [6.45, 7) is 6.84. The Kier molecular flexibility index (Phi) is 14.0. The number of carboxylic acids is 2. The van der Waals surface area contributed by atoms with Crippen molar-refractivity contribution in [2.75, 3.05) is 6.61 Å². The van der Waals surface area contributed by atoms with Crippen molar-refractivity contribution < 1.29 is 47.3 Å². The molecule has 1 rings (SSSR count). The number of sulfonamides is 1. The monoisotopic (exact) mass is 583 g/mol. The Hall–Kier alpha value is -3.78. The van der Waals surface area contributed by atoms with Gasteiger partial charge in [-0.3, -0.25) is 19.2 Å². The number of carbonyl (C=O) groups is 5. The lowest BCUT2D eigenvalue weighted by molar-refractivity contribution is -0.139. The van der Waals surface area contributed by atoms with Crippen molar-refractivity contribution >= 4 is 39.7 Å². The highest BCUT2D eigenvalue weighted by Crippen LogP contribution is 2.14. The number of esters is 1. The number of aliphatic carboxylic acids is 2. The maximum atomic E-state index is 13.2. The maximum Gasteiger partial charge on any atom is 0.330 e. The molecule has 40 heavy (non-hydrogen) atoms. The summed E-state index contributed by atoms with van der Waals surface area (Å²) in [6, 6.07) is 1.92. The van der Waals surface area contributed by atoms with E-state index in [-0.39, 0.29) is 11.5 Å². The third kappa shape index (κ3) is 11.9. The number of ether oxygens (including phenoxy) is 1. The number of carbonyl (C=O) groups excluding carboxylic acids is 3. The second kappa shape index (κ2) is 16.4. The lowest BCUT2D eigenvalue weighted by Gasteiger charge is -2.27. The molecule has 0 bridgehead atoms. The largest absolute Gasteiger partial charge is 0.481 e. The van der Waals surface area contributed by atoms with Gasteiger partial charge in [-0.15, -0.1) is 0 Å². The molecule has 13 nitrogen and oxygen atoms in total. The Labute approximate surface area is 233 Å². The van der Waals surface area contributed by atoms with Crippen molar-refractivity contribution in [1.29, 1.82) is 0 Å². The Morgan fingerprint density at radius 2 is 1.60 bits per heavy atom. The van der Waals surface area contributed by atoms with E-state index in [1.807, 2.05) is 0 Å². The Bertz CT molecular complexity index is 1180. The van der Waals surface area contributed by atoms with Crippen LogP contribution in [0.15, 0.2) is 41.3 Å². The summed E-state index contributed by atoms with van der Waals surface area (Å²) in [5.41, 5.74) is 0.805. The molecule has 5 N–H and O–H groups in total. The van der Waals surface area contributed by atoms with Gasteiger partial charge in [0, 0.05) is 12.5 Å². The Morgan fingerprint density at radius 3 is 2.12 bits per heavy atom. The van der Waals surface area contributed by atoms with E-state index in [1.165, 1.54) is 12.1 Å². The second-order valence-corrected chi connectivity index (χ2v) is 10.8. The SMILES string of the molecule is CCOC(=O)/C=C/[C@H](CC(=O)O)NC(=O)C(NC(=O)[C@H](CCC(=O)O)NS(=O)(=O)c1ccc(C)cc1)C(C)CC. The van der Waals surface area contributed by atoms with Gasteiger partial charge in [-0.2, -0.15) is 4.72 Å². The normalized spacial score (nSPS) is 14.5. The first-order chi connectivity index (χ1) is 18.7. The lowest BCUT2D eigenvalue weighted by Crippen LogP contribution is -2.57. The number of hydrogen-bond donors (Lipinski definition) is 5. The number of aryl methyl sites for hydroxylation is 1. The predicted molar refractivity (Wildman–Crippen MR) is 144 cm³/mol. The van der Waals surface area contributed by atoms with Crippen LogP contribution in [0.2, 0.25) is 0 Å². The molecule has 2 unspecified atom stereocenters. The van der Waals surface area contributed by atoms with E-state index in [0.29, 0.717) is 6.42 Å². The first-order valence-corrected chi connectivity index (χ1v) is 14.2. The summed E-state index contributed by atoms with van der Waals surface area (Å²) in [5, 5.41) is 23.3. The molecule has 0 aliphatic heterocycles. The van der Waals surface area contributed by atoms with Crippen LogP contribution in [-0.2, 0) is 38.7 Å². The highest BCUT2D eigenvalue weighted by Gasteiger charge is 2.32. The molecular weight excluding hydrogens is 546 g/mol. The van der Waals surface area contributed by atoms with Gasteiger partial charge >= 0.3 is 17.9 Å². The standard InChI is InChI=1S/C26H37N3O10S/c1-5-17(4)24(26(36)27-18(15-22(32)33)9-14-23(34)39-6-2)28-25(35)20(12-13-21(30)31)29-40(37,38)19-10-7-16(3)8-11-19/h7-11,14,17-18,20,24,29H,5-6,12-13,15H2,1-4H3,(H,27,36)(H,28,35)(H,30,31)(H,32,33)/b14-9+/t17?,18-,20+,24?/m1/s1. The van der Waals surface area contributed by atoms with Crippen molar-refractivity contribution in [3.63, 3.8) is 0 Å². The van der Waals surface area contributed by atoms with Crippen LogP contribution in [0.25, 0.3) is 0 Å². The molecule has 1 aromatic carbocycles. The van der Waals surface area contributed by atoms with Crippen LogP contribution in [0, 0.1) is 12.8 Å². The lowest BCUT2D eigenvalue weighted by atomic mass is 9.97. The third-order valence-corrected chi connectivity index (χ3v) is 7.35. The number of nitrogens with one attached hydrogen (secondary N) is 3. The van der Waals surface area contributed by atoms with Crippen molar-refractivity contribution in [3.05, 3.63) is 42.0 Å². The molecule has 0 aromatic heterocycles. The third-order valence-electron chi connectivity index (χ3n) is 5.86. The Morgan fingerprint density at radius 1 is 0.975 bits per heavy atom. The minimum atomic E-state index is -4.23. The minimum absolute atomic E-state index is 0.0952. The second-order valence-electron chi connectivity index (χ2n) is 9.12. The zero-order valence-corrected chi connectivity index (χ0v) is 23.7. The molecular formula is C26H37N3O10S. The van der Waals surface area contributed by atoms with E-state index in [4.69, 9.17) is 9.84 Å². The van der Waals surface area contributed by atoms with E-state index in [2.05, 4.69) is 15.4 Å². The van der Waals surface area contributed by atoms with Gasteiger partial charge in [0.25, 0.3) is 0 Å². The van der Waals surface area contributed by atoms with Gasteiger partial charge in [0.15, 0.2) is 0 Å². The predicted octanol–water partition coefficient (Wildman–Crippen LogP) is 1.12. The average Bonchev–Trinajstić information content (AvgIpc) is 2.87. The van der Waals surface area contributed by atoms with Crippen molar-refractivity contribution in [1.82, 2.24) is 15.4 Å². The first-order valence-electron chi connectivity index (χ1n) is 12.7. The van der Waals surface area contributed by atoms with Crippen molar-refractivity contribution in [2.24, 2.45) is 5.92 Å². The molecule has 0 saturated heterocycles. The summed E-state index contributed by atoms with van der Waals surface area (Å²) in [5.74, 6) is -5.45. The fraction of sp³-hybridized carbons (Fsp3) is 0.500. The summed E-state index contributed by atoms with van der Waals surface area (Å²) in [7, 11) is -4.23. The number of amides is 2. The number of benzene rings is 1. The van der Waals surface area contributed by atoms with Crippen LogP contribution >= 0.6 is 0 Å². The van der Waals surface area contributed by atoms with E-state index in [0.717, 1.165) is 17.7 Å². The summed E-state index contributed by atoms with van der Waals surface area (Å²) < 4.78 is 32.8. The van der Waals surface area contributed by atoms with E-state index >= 15 is 0 Å². The van der Waals surface area contributed by atoms with Crippen LogP contribution in [0.4, 0.5) is 0 Å². The van der Waals surface area contributed by atoms with Gasteiger partial charge < -0.3 is 25.6 Å². The molecule has 222 valence electrons. The van der Waals surface area contributed by atoms with Crippen LogP contribution in [-0.4, -0.2) is 73.1 Å². The van der Waals surface area contributed by atoms with Crippen molar-refractivity contribution in [2.45, 2.75) is 76.4 Å². The molecule has 0 radical (unpaired) electrons. The van der Waals surface area contributed by atoms with Crippen LogP contribution < -0.4 is 15.4 Å². The molecule has 0 aliphatic carbocycles. The van der Waals surface area contributed by atoms with E-state index < -0.39 is 83.1 Å². The molecule has 1 aromatic rings. The number of carboxylic acid groups (broad SMARTS) is 2. The van der Waals surface area contributed by atoms with E-state index in [9.17, 15) is 37.5 Å². The van der Waals surface area contributed by atoms with Gasteiger partial charge in [-0.25, -0.2) is 13.2 Å². The zero-order chi connectivity index (χ0) is 30.5. The van der Waals surface area contributed by atoms with Crippen LogP contribution in [0.1, 0.15) is 52.0 Å². The topological polar surface area (TPSA) is 205 Å². The molecule has 0 aliphatic rings. The maximum absolute atomic E-state index is 13.2. The molecule has 0 spiro atoms. The quantitative estimate of drug-likeness (QED) is 0.130. The molecule has 0 fully saturated rings. The molecule has 4 atom stereocenters. The molecule has 0 heterocycles. The van der Waals surface area contributed by atoms with Crippen LogP contribution in [0.5, 0.6) is 0 Å². The zero-order valence-electron chi connectivity index (χ0n) is 22.9. The first kappa shape index (κ1) is 34.2. The molecule has 14 heteroatoms. The summed E-state index contributed by atoms with van der Waals surface area (Å²) >= 11 is 0. The summed E-state index contributed by atoms with van der Waals surface area (Å²) in [4.78, 5) is 60.4. The smallest absolute Gasteiger partial charge is 0.330 e. The van der Waals surface area contributed by atoms with Crippen LogP contribution in [0.3, 0.4) is 0 Å². The number of hydrogen-bond acceptors (Lipinski definition) is 8. The molecule has 2 amide bonds. The highest BCUT2D eigenvalue weighted by atomic mass is 32.2. The average molecular weight is 584 g/mol. The highest BCUT2D eigenvalue weighted by molar-refractivity contribution is 7.89. The van der Waals surface area contributed by atoms with Gasteiger partial charge in [0.05, 0.1) is 24.0 Å².